The van der Waals surface area contributed by atoms with Crippen LogP contribution in [0.4, 0.5) is 0 Å². The van der Waals surface area contributed by atoms with E-state index in [1.54, 1.807) is 11.3 Å². The van der Waals surface area contributed by atoms with E-state index in [4.69, 9.17) is 4.74 Å². The second-order valence-electron chi connectivity index (χ2n) is 4.69. The van der Waals surface area contributed by atoms with E-state index >= 15 is 0 Å². The lowest BCUT2D eigenvalue weighted by atomic mass is 10.0. The Labute approximate surface area is 125 Å². The smallest absolute Gasteiger partial charge is 0.124 e. The summed E-state index contributed by atoms with van der Waals surface area (Å²) in [6.07, 6.45) is 2.11. The third-order valence-corrected chi connectivity index (χ3v) is 3.64. The highest BCUT2D eigenvalue weighted by atomic mass is 32.1. The molecular formula is C16H22N2OS. The van der Waals surface area contributed by atoms with E-state index < -0.39 is 0 Å². The molecule has 0 radical (unpaired) electrons. The molecule has 1 aromatic carbocycles. The molecule has 0 aliphatic carbocycles. The van der Waals surface area contributed by atoms with Gasteiger partial charge in [0.05, 0.1) is 23.9 Å². The van der Waals surface area contributed by atoms with Gasteiger partial charge in [0, 0.05) is 10.9 Å². The summed E-state index contributed by atoms with van der Waals surface area (Å²) in [5.74, 6) is 0.955. The molecular weight excluding hydrogens is 268 g/mol. The second kappa shape index (κ2) is 8.02. The van der Waals surface area contributed by atoms with E-state index in [1.807, 2.05) is 17.6 Å². The fourth-order valence-electron chi connectivity index (χ4n) is 2.09. The third-order valence-electron chi connectivity index (χ3n) is 3.04. The van der Waals surface area contributed by atoms with Crippen molar-refractivity contribution in [2.45, 2.75) is 32.7 Å². The Kier molecular flexibility index (Phi) is 6.02. The number of nitrogens with one attached hydrogen (secondary N) is 1. The minimum Gasteiger partial charge on any atom is -0.493 e. The van der Waals surface area contributed by atoms with Crippen LogP contribution in [0, 0.1) is 0 Å². The average molecular weight is 290 g/mol. The molecule has 3 nitrogen and oxygen atoms in total. The highest BCUT2D eigenvalue weighted by Crippen LogP contribution is 2.30. The first-order chi connectivity index (χ1) is 9.86. The molecule has 0 bridgehead atoms. The molecule has 0 amide bonds. The van der Waals surface area contributed by atoms with Crippen LogP contribution in [0.5, 0.6) is 5.75 Å². The molecule has 1 heterocycles. The first kappa shape index (κ1) is 15.0. The molecule has 0 saturated carbocycles. The van der Waals surface area contributed by atoms with Crippen molar-refractivity contribution in [1.82, 2.24) is 10.3 Å². The number of ether oxygens (including phenoxy) is 1. The summed E-state index contributed by atoms with van der Waals surface area (Å²) < 4.78 is 5.88. The van der Waals surface area contributed by atoms with Gasteiger partial charge < -0.3 is 10.1 Å². The van der Waals surface area contributed by atoms with Gasteiger partial charge in [-0.3, -0.25) is 0 Å². The summed E-state index contributed by atoms with van der Waals surface area (Å²) in [7, 11) is 0. The Balaban J connectivity index is 2.28. The van der Waals surface area contributed by atoms with Crippen LogP contribution in [0.1, 0.15) is 44.0 Å². The van der Waals surface area contributed by atoms with Gasteiger partial charge in [0.25, 0.3) is 0 Å². The zero-order valence-electron chi connectivity index (χ0n) is 12.1. The quantitative estimate of drug-likeness (QED) is 0.797. The van der Waals surface area contributed by atoms with Crippen LogP contribution in [0.3, 0.4) is 0 Å². The van der Waals surface area contributed by atoms with E-state index in [-0.39, 0.29) is 6.04 Å². The molecule has 0 aliphatic heterocycles. The van der Waals surface area contributed by atoms with Crippen LogP contribution in [-0.2, 0) is 0 Å². The lowest BCUT2D eigenvalue weighted by molar-refractivity contribution is 0.311. The maximum absolute atomic E-state index is 5.88. The summed E-state index contributed by atoms with van der Waals surface area (Å²) in [5, 5.41) is 5.67. The monoisotopic (exact) mass is 290 g/mol. The molecule has 1 aromatic heterocycles. The van der Waals surface area contributed by atoms with Gasteiger partial charge in [-0.05, 0) is 25.5 Å². The number of aromatic nitrogens is 1. The summed E-state index contributed by atoms with van der Waals surface area (Å²) in [4.78, 5) is 4.47. The standard InChI is InChI=1S/C16H22N2OS/c1-3-9-17-16(14-11-20-12-18-14)13-7-5-6-8-15(13)19-10-4-2/h5-8,11-12,16-17H,3-4,9-10H2,1-2H3. The Hall–Kier alpha value is -1.39. The Morgan fingerprint density at radius 2 is 2.10 bits per heavy atom. The highest BCUT2D eigenvalue weighted by Gasteiger charge is 2.19. The summed E-state index contributed by atoms with van der Waals surface area (Å²) in [6.45, 7) is 6.00. The Morgan fingerprint density at radius 1 is 1.25 bits per heavy atom. The van der Waals surface area contributed by atoms with Gasteiger partial charge in [-0.2, -0.15) is 0 Å². The maximum atomic E-state index is 5.88. The average Bonchev–Trinajstić information content (AvgIpc) is 3.01. The molecule has 1 unspecified atom stereocenters. The van der Waals surface area contributed by atoms with E-state index in [2.05, 4.69) is 41.7 Å². The third kappa shape index (κ3) is 3.81. The van der Waals surface area contributed by atoms with Gasteiger partial charge in [-0.15, -0.1) is 11.3 Å². The van der Waals surface area contributed by atoms with Gasteiger partial charge in [0.1, 0.15) is 5.75 Å². The fourth-order valence-corrected chi connectivity index (χ4v) is 2.67. The summed E-state index contributed by atoms with van der Waals surface area (Å²) in [5.41, 5.74) is 4.11. The SMILES string of the molecule is CCCNC(c1cscn1)c1ccccc1OCCC. The van der Waals surface area contributed by atoms with E-state index in [9.17, 15) is 0 Å². The van der Waals surface area contributed by atoms with Crippen molar-refractivity contribution in [2.75, 3.05) is 13.2 Å². The van der Waals surface area contributed by atoms with Crippen molar-refractivity contribution in [3.63, 3.8) is 0 Å². The summed E-state index contributed by atoms with van der Waals surface area (Å²) in [6, 6.07) is 8.35. The molecule has 108 valence electrons. The molecule has 0 fully saturated rings. The molecule has 20 heavy (non-hydrogen) atoms. The number of para-hydroxylation sites is 1. The fraction of sp³-hybridized carbons (Fsp3) is 0.438. The number of thiazole rings is 1. The second-order valence-corrected chi connectivity index (χ2v) is 5.41. The van der Waals surface area contributed by atoms with Gasteiger partial charge >= 0.3 is 0 Å². The number of rotatable bonds is 8. The molecule has 1 N–H and O–H groups in total. The molecule has 1 atom stereocenters. The summed E-state index contributed by atoms with van der Waals surface area (Å²) >= 11 is 1.63. The van der Waals surface area contributed by atoms with Crippen LogP contribution >= 0.6 is 11.3 Å². The van der Waals surface area contributed by atoms with Crippen molar-refractivity contribution in [3.05, 3.63) is 46.4 Å². The van der Waals surface area contributed by atoms with Crippen LogP contribution in [0.25, 0.3) is 0 Å². The van der Waals surface area contributed by atoms with E-state index in [1.165, 1.54) is 5.56 Å². The highest BCUT2D eigenvalue weighted by molar-refractivity contribution is 7.07. The number of benzene rings is 1. The molecule has 4 heteroatoms. The van der Waals surface area contributed by atoms with Crippen LogP contribution in [0.2, 0.25) is 0 Å². The number of hydrogen-bond acceptors (Lipinski definition) is 4. The minimum atomic E-state index is 0.106. The minimum absolute atomic E-state index is 0.106. The predicted octanol–water partition coefficient (Wildman–Crippen LogP) is 4.02. The van der Waals surface area contributed by atoms with Crippen molar-refractivity contribution in [3.8, 4) is 5.75 Å². The van der Waals surface area contributed by atoms with Crippen molar-refractivity contribution >= 4 is 11.3 Å². The first-order valence-electron chi connectivity index (χ1n) is 7.20. The molecule has 0 spiro atoms. The number of hydrogen-bond donors (Lipinski definition) is 1. The van der Waals surface area contributed by atoms with Gasteiger partial charge in [0.15, 0.2) is 0 Å². The van der Waals surface area contributed by atoms with Crippen LogP contribution in [0.15, 0.2) is 35.2 Å². The first-order valence-corrected chi connectivity index (χ1v) is 8.14. The van der Waals surface area contributed by atoms with Gasteiger partial charge in [-0.1, -0.05) is 32.0 Å². The maximum Gasteiger partial charge on any atom is 0.124 e. The lowest BCUT2D eigenvalue weighted by Gasteiger charge is -2.20. The van der Waals surface area contributed by atoms with Gasteiger partial charge in [-0.25, -0.2) is 4.98 Å². The normalized spacial score (nSPS) is 12.3. The molecule has 2 aromatic rings. The van der Waals surface area contributed by atoms with Crippen LogP contribution < -0.4 is 10.1 Å². The van der Waals surface area contributed by atoms with Crippen LogP contribution in [-0.4, -0.2) is 18.1 Å². The van der Waals surface area contributed by atoms with Crippen molar-refractivity contribution in [2.24, 2.45) is 0 Å². The van der Waals surface area contributed by atoms with E-state index in [0.29, 0.717) is 0 Å². The zero-order chi connectivity index (χ0) is 14.2. The number of nitrogens with zero attached hydrogens (tertiary/aromatic N) is 1. The molecule has 2 rings (SSSR count). The van der Waals surface area contributed by atoms with Crippen molar-refractivity contribution < 1.29 is 4.74 Å². The van der Waals surface area contributed by atoms with E-state index in [0.717, 1.165) is 37.4 Å². The van der Waals surface area contributed by atoms with Gasteiger partial charge in [0.2, 0.25) is 0 Å². The van der Waals surface area contributed by atoms with Crippen molar-refractivity contribution in [1.29, 1.82) is 0 Å². The lowest BCUT2D eigenvalue weighted by Crippen LogP contribution is -2.24. The Bertz CT molecular complexity index is 499. The molecule has 0 aliphatic rings. The largest absolute Gasteiger partial charge is 0.493 e. The topological polar surface area (TPSA) is 34.2 Å². The molecule has 0 saturated heterocycles. The zero-order valence-corrected chi connectivity index (χ0v) is 13.0. The predicted molar refractivity (Wildman–Crippen MR) is 84.5 cm³/mol. The Morgan fingerprint density at radius 3 is 2.80 bits per heavy atom.